The number of fused-ring (bicyclic) bond motifs is 4. The quantitative estimate of drug-likeness (QED) is 0.231. The Hall–Kier alpha value is -3.14. The van der Waals surface area contributed by atoms with E-state index in [0.29, 0.717) is 11.8 Å². The lowest BCUT2D eigenvalue weighted by Gasteiger charge is -2.17. The van der Waals surface area contributed by atoms with Crippen molar-refractivity contribution >= 4 is 27.5 Å². The average molecular weight is 465 g/mol. The minimum absolute atomic E-state index is 0.587. The van der Waals surface area contributed by atoms with Crippen LogP contribution >= 0.6 is 0 Å². The second-order valence-electron chi connectivity index (χ2n) is 10.4. The summed E-state index contributed by atoms with van der Waals surface area (Å²) in [4.78, 5) is 4.64. The maximum Gasteiger partial charge on any atom is 0.155 e. The lowest BCUT2D eigenvalue weighted by Crippen LogP contribution is -2.10. The predicted octanol–water partition coefficient (Wildman–Crippen LogP) is 8.38. The molecule has 0 spiro atoms. The summed E-state index contributed by atoms with van der Waals surface area (Å²) in [5.74, 6) is 1.30. The van der Waals surface area contributed by atoms with Gasteiger partial charge in [0.1, 0.15) is 0 Å². The lowest BCUT2D eigenvalue weighted by atomic mass is 9.99. The Morgan fingerprint density at radius 1 is 0.943 bits per heavy atom. The number of hydrogen-bond acceptors (Lipinski definition) is 2. The van der Waals surface area contributed by atoms with Crippen LogP contribution in [0.4, 0.5) is 0 Å². The van der Waals surface area contributed by atoms with E-state index in [-0.39, 0.29) is 0 Å². The Labute approximate surface area is 208 Å². The number of benzene rings is 2. The summed E-state index contributed by atoms with van der Waals surface area (Å²) in [7, 11) is 0. The van der Waals surface area contributed by atoms with E-state index in [1.54, 1.807) is 0 Å². The van der Waals surface area contributed by atoms with Crippen molar-refractivity contribution in [3.05, 3.63) is 66.5 Å². The van der Waals surface area contributed by atoms with Crippen molar-refractivity contribution < 1.29 is 0 Å². The van der Waals surface area contributed by atoms with Gasteiger partial charge >= 0.3 is 0 Å². The van der Waals surface area contributed by atoms with Crippen LogP contribution in [0.5, 0.6) is 0 Å². The highest BCUT2D eigenvalue weighted by atomic mass is 15.3. The molecule has 0 amide bonds. The fourth-order valence-corrected chi connectivity index (χ4v) is 6.14. The highest BCUT2D eigenvalue weighted by molar-refractivity contribution is 6.09. The van der Waals surface area contributed by atoms with Crippen LogP contribution < -0.4 is 0 Å². The van der Waals surface area contributed by atoms with E-state index in [1.165, 1.54) is 84.4 Å². The fourth-order valence-electron chi connectivity index (χ4n) is 6.14. The van der Waals surface area contributed by atoms with Gasteiger partial charge in [-0.25, -0.2) is 9.50 Å². The molecule has 3 aromatic heterocycles. The summed E-state index contributed by atoms with van der Waals surface area (Å²) in [5, 5.41) is 7.72. The standard InChI is InChI=1S/C31H36N4/c1-3-5-10-22(4-2)21-34-29-14-9-8-13-25(29)26-19-24(15-16-30(26)34)28-17-18-32-31-20-27(33-35(28)31)23-11-6-7-12-23/h8-9,13-20,22-23H,3-7,10-12,21H2,1-2H3. The van der Waals surface area contributed by atoms with E-state index in [0.717, 1.165) is 17.9 Å². The molecule has 0 radical (unpaired) electrons. The molecule has 180 valence electrons. The molecule has 2 aromatic carbocycles. The zero-order valence-electron chi connectivity index (χ0n) is 21.1. The molecule has 1 aliphatic rings. The Balaban J connectivity index is 1.45. The van der Waals surface area contributed by atoms with Gasteiger partial charge in [-0.15, -0.1) is 0 Å². The number of rotatable bonds is 8. The maximum absolute atomic E-state index is 5.05. The van der Waals surface area contributed by atoms with Crippen molar-refractivity contribution in [1.29, 1.82) is 0 Å². The van der Waals surface area contributed by atoms with E-state index in [2.05, 4.69) is 82.5 Å². The molecule has 1 atom stereocenters. The van der Waals surface area contributed by atoms with Gasteiger partial charge in [0.25, 0.3) is 0 Å². The van der Waals surface area contributed by atoms with Crippen molar-refractivity contribution in [2.24, 2.45) is 5.92 Å². The smallest absolute Gasteiger partial charge is 0.155 e. The Morgan fingerprint density at radius 2 is 1.77 bits per heavy atom. The summed E-state index contributed by atoms with van der Waals surface area (Å²) in [6.07, 6.45) is 12.2. The van der Waals surface area contributed by atoms with Gasteiger partial charge in [-0.1, -0.05) is 70.2 Å². The third-order valence-electron chi connectivity index (χ3n) is 8.20. The molecule has 0 aliphatic heterocycles. The monoisotopic (exact) mass is 464 g/mol. The summed E-state index contributed by atoms with van der Waals surface area (Å²) in [5.41, 5.74) is 7.16. The fraction of sp³-hybridized carbons (Fsp3) is 0.419. The SMILES string of the molecule is CCCCC(CC)Cn1c2ccccc2c2cc(-c3ccnc4cc(C5CCCC5)nn34)ccc21. The summed E-state index contributed by atoms with van der Waals surface area (Å²) in [6.45, 7) is 5.72. The Morgan fingerprint density at radius 3 is 2.60 bits per heavy atom. The largest absolute Gasteiger partial charge is 0.340 e. The molecule has 1 unspecified atom stereocenters. The topological polar surface area (TPSA) is 35.1 Å². The Bertz CT molecular complexity index is 1470. The third-order valence-corrected chi connectivity index (χ3v) is 8.20. The van der Waals surface area contributed by atoms with Crippen molar-refractivity contribution in [2.45, 2.75) is 77.7 Å². The van der Waals surface area contributed by atoms with E-state index < -0.39 is 0 Å². The molecule has 35 heavy (non-hydrogen) atoms. The average Bonchev–Trinajstić information content (AvgIpc) is 3.64. The van der Waals surface area contributed by atoms with Crippen molar-refractivity contribution in [2.75, 3.05) is 0 Å². The van der Waals surface area contributed by atoms with Gasteiger partial charge in [-0.2, -0.15) is 5.10 Å². The van der Waals surface area contributed by atoms with E-state index >= 15 is 0 Å². The molecule has 0 N–H and O–H groups in total. The predicted molar refractivity (Wildman–Crippen MR) is 146 cm³/mol. The molecule has 0 saturated heterocycles. The van der Waals surface area contributed by atoms with Crippen molar-refractivity contribution in [3.63, 3.8) is 0 Å². The number of para-hydroxylation sites is 1. The molecule has 1 aliphatic carbocycles. The first-order chi connectivity index (χ1) is 17.3. The first-order valence-electron chi connectivity index (χ1n) is 13.6. The molecule has 0 bridgehead atoms. The number of aromatic nitrogens is 4. The first-order valence-corrected chi connectivity index (χ1v) is 13.6. The van der Waals surface area contributed by atoms with Crippen LogP contribution in [0.2, 0.25) is 0 Å². The molecular formula is C31H36N4. The molecule has 3 heterocycles. The van der Waals surface area contributed by atoms with Gasteiger partial charge in [-0.05, 0) is 49.4 Å². The molecule has 5 aromatic rings. The van der Waals surface area contributed by atoms with Crippen LogP contribution in [0.15, 0.2) is 60.8 Å². The van der Waals surface area contributed by atoms with E-state index in [9.17, 15) is 0 Å². The van der Waals surface area contributed by atoms with Crippen LogP contribution in [0.25, 0.3) is 38.7 Å². The highest BCUT2D eigenvalue weighted by Crippen LogP contribution is 2.36. The first kappa shape index (κ1) is 22.3. The lowest BCUT2D eigenvalue weighted by molar-refractivity contribution is 0.401. The van der Waals surface area contributed by atoms with E-state index in [1.807, 2.05) is 6.20 Å². The van der Waals surface area contributed by atoms with Crippen LogP contribution in [0, 0.1) is 5.92 Å². The van der Waals surface area contributed by atoms with Gasteiger partial charge in [0.05, 0.1) is 11.4 Å². The highest BCUT2D eigenvalue weighted by Gasteiger charge is 2.21. The van der Waals surface area contributed by atoms with Gasteiger partial charge < -0.3 is 4.57 Å². The van der Waals surface area contributed by atoms with Crippen LogP contribution in [-0.4, -0.2) is 19.2 Å². The zero-order valence-corrected chi connectivity index (χ0v) is 21.1. The normalized spacial score (nSPS) is 15.6. The van der Waals surface area contributed by atoms with Crippen LogP contribution in [0.1, 0.15) is 76.8 Å². The second kappa shape index (κ2) is 9.49. The maximum atomic E-state index is 5.05. The second-order valence-corrected chi connectivity index (χ2v) is 10.4. The van der Waals surface area contributed by atoms with Gasteiger partial charge in [-0.3, -0.25) is 0 Å². The molecule has 6 rings (SSSR count). The summed E-state index contributed by atoms with van der Waals surface area (Å²) >= 11 is 0. The third kappa shape index (κ3) is 4.03. The van der Waals surface area contributed by atoms with Crippen molar-refractivity contribution in [3.8, 4) is 11.3 Å². The minimum atomic E-state index is 0.587. The van der Waals surface area contributed by atoms with Gasteiger partial charge in [0, 0.05) is 52.1 Å². The molecule has 4 nitrogen and oxygen atoms in total. The zero-order chi connectivity index (χ0) is 23.8. The number of nitrogens with zero attached hydrogens (tertiary/aromatic N) is 4. The van der Waals surface area contributed by atoms with E-state index in [4.69, 9.17) is 5.10 Å². The summed E-state index contributed by atoms with van der Waals surface area (Å²) in [6, 6.07) is 20.2. The Kier molecular flexibility index (Phi) is 6.05. The minimum Gasteiger partial charge on any atom is -0.340 e. The van der Waals surface area contributed by atoms with Crippen LogP contribution in [0.3, 0.4) is 0 Å². The number of unbranched alkanes of at least 4 members (excludes halogenated alkanes) is 1. The molecule has 1 saturated carbocycles. The molecule has 4 heteroatoms. The molecular weight excluding hydrogens is 428 g/mol. The van der Waals surface area contributed by atoms with Gasteiger partial charge in [0.15, 0.2) is 5.65 Å². The van der Waals surface area contributed by atoms with Crippen LogP contribution in [-0.2, 0) is 6.54 Å². The summed E-state index contributed by atoms with van der Waals surface area (Å²) < 4.78 is 4.62. The molecule has 1 fully saturated rings. The number of hydrogen-bond donors (Lipinski definition) is 0. The van der Waals surface area contributed by atoms with Crippen molar-refractivity contribution in [1.82, 2.24) is 19.2 Å². The van der Waals surface area contributed by atoms with Gasteiger partial charge in [0.2, 0.25) is 0 Å².